The van der Waals surface area contributed by atoms with Crippen LogP contribution in [0.1, 0.15) is 27.7 Å². The second-order valence-electron chi connectivity index (χ2n) is 6.40. The monoisotopic (exact) mass is 294 g/mol. The van der Waals surface area contributed by atoms with Crippen molar-refractivity contribution in [3.8, 4) is 0 Å². The third kappa shape index (κ3) is 4.82. The van der Waals surface area contributed by atoms with Gasteiger partial charge in [-0.1, -0.05) is 57.3 Å². The average molecular weight is 295 g/mol. The molecule has 0 bridgehead atoms. The maximum Gasteiger partial charge on any atom is 0.192 e. The highest BCUT2D eigenvalue weighted by molar-refractivity contribution is 8.03. The van der Waals surface area contributed by atoms with Crippen LogP contribution in [0.15, 0.2) is 46.7 Å². The Morgan fingerprint density at radius 3 is 2.21 bits per heavy atom. The van der Waals surface area contributed by atoms with Gasteiger partial charge in [0.05, 0.1) is 6.10 Å². The van der Waals surface area contributed by atoms with Crippen LogP contribution in [0.25, 0.3) is 0 Å². The van der Waals surface area contributed by atoms with Gasteiger partial charge in [0, 0.05) is 9.80 Å². The lowest BCUT2D eigenvalue weighted by molar-refractivity contribution is 0.240. The summed E-state index contributed by atoms with van der Waals surface area (Å²) >= 11 is 1.71. The molecule has 0 N–H and O–H groups in total. The minimum Gasteiger partial charge on any atom is -0.410 e. The number of rotatable bonds is 5. The Labute approximate surface area is 123 Å². The fourth-order valence-electron chi connectivity index (χ4n) is 1.41. The zero-order valence-corrected chi connectivity index (χ0v) is 14.8. The Bertz CT molecular complexity index is 420. The van der Waals surface area contributed by atoms with Gasteiger partial charge in [0.15, 0.2) is 8.32 Å². The first-order valence-electron chi connectivity index (χ1n) is 6.73. The van der Waals surface area contributed by atoms with Gasteiger partial charge in [-0.2, -0.15) is 0 Å². The summed E-state index contributed by atoms with van der Waals surface area (Å²) in [6.07, 6.45) is 0.0890. The smallest absolute Gasteiger partial charge is 0.192 e. The first kappa shape index (κ1) is 16.5. The fourth-order valence-corrected chi connectivity index (χ4v) is 3.68. The van der Waals surface area contributed by atoms with Crippen molar-refractivity contribution in [2.45, 2.75) is 56.8 Å². The highest BCUT2D eigenvalue weighted by atomic mass is 32.2. The Hall–Kier alpha value is -0.513. The normalized spacial score (nSPS) is 14.2. The number of benzene rings is 1. The van der Waals surface area contributed by atoms with E-state index < -0.39 is 8.32 Å². The van der Waals surface area contributed by atoms with Crippen molar-refractivity contribution in [2.75, 3.05) is 0 Å². The molecule has 1 nitrogen and oxygen atoms in total. The average Bonchev–Trinajstić information content (AvgIpc) is 2.28. The van der Waals surface area contributed by atoms with Crippen LogP contribution in [0, 0.1) is 0 Å². The van der Waals surface area contributed by atoms with Gasteiger partial charge in [0.2, 0.25) is 0 Å². The third-order valence-corrected chi connectivity index (χ3v) is 9.38. The van der Waals surface area contributed by atoms with Gasteiger partial charge in [-0.05, 0) is 37.2 Å². The van der Waals surface area contributed by atoms with Crippen molar-refractivity contribution in [2.24, 2.45) is 0 Å². The lowest BCUT2D eigenvalue weighted by atomic mass is 10.2. The van der Waals surface area contributed by atoms with E-state index in [-0.39, 0.29) is 11.1 Å². The summed E-state index contributed by atoms with van der Waals surface area (Å²) in [4.78, 5) is 2.30. The molecule has 0 fully saturated rings. The number of thioether (sulfide) groups is 1. The van der Waals surface area contributed by atoms with Crippen LogP contribution < -0.4 is 0 Å². The van der Waals surface area contributed by atoms with Crippen LogP contribution in [0.3, 0.4) is 0 Å². The topological polar surface area (TPSA) is 9.23 Å². The lowest BCUT2D eigenvalue weighted by Gasteiger charge is -2.38. The van der Waals surface area contributed by atoms with E-state index in [1.165, 1.54) is 4.90 Å². The summed E-state index contributed by atoms with van der Waals surface area (Å²) in [5.41, 5.74) is 0. The lowest BCUT2D eigenvalue weighted by Crippen LogP contribution is -2.43. The van der Waals surface area contributed by atoms with Crippen molar-refractivity contribution in [1.29, 1.82) is 0 Å². The van der Waals surface area contributed by atoms with Gasteiger partial charge in [-0.25, -0.2) is 0 Å². The molecule has 0 aliphatic rings. The van der Waals surface area contributed by atoms with E-state index >= 15 is 0 Å². The molecule has 0 saturated carbocycles. The molecule has 0 aliphatic heterocycles. The summed E-state index contributed by atoms with van der Waals surface area (Å²) in [7, 11) is -1.72. The molecule has 0 aliphatic carbocycles. The summed E-state index contributed by atoms with van der Waals surface area (Å²) < 4.78 is 6.35. The van der Waals surface area contributed by atoms with E-state index in [2.05, 4.69) is 71.6 Å². The maximum atomic E-state index is 6.35. The van der Waals surface area contributed by atoms with Gasteiger partial charge in [-0.3, -0.25) is 0 Å². The summed E-state index contributed by atoms with van der Waals surface area (Å²) in [5, 5.41) is 0.235. The molecule has 1 atom stereocenters. The Morgan fingerprint density at radius 2 is 1.74 bits per heavy atom. The molecule has 3 heteroatoms. The molecule has 1 aromatic rings. The van der Waals surface area contributed by atoms with Crippen molar-refractivity contribution >= 4 is 20.1 Å². The van der Waals surface area contributed by atoms with Crippen LogP contribution in [-0.4, -0.2) is 14.4 Å². The molecule has 0 radical (unpaired) electrons. The van der Waals surface area contributed by atoms with Crippen LogP contribution >= 0.6 is 11.8 Å². The molecular weight excluding hydrogens is 268 g/mol. The van der Waals surface area contributed by atoms with Gasteiger partial charge < -0.3 is 4.43 Å². The Kier molecular flexibility index (Phi) is 5.48. The van der Waals surface area contributed by atoms with E-state index in [9.17, 15) is 0 Å². The second-order valence-corrected chi connectivity index (χ2v) is 12.4. The molecule has 1 aromatic carbocycles. The number of hydrogen-bond acceptors (Lipinski definition) is 2. The predicted octanol–water partition coefficient (Wildman–Crippen LogP) is 5.70. The minimum atomic E-state index is -1.72. The first-order valence-corrected chi connectivity index (χ1v) is 10.5. The molecule has 0 unspecified atom stereocenters. The summed E-state index contributed by atoms with van der Waals surface area (Å²) in [5.74, 6) is 0. The standard InChI is InChI=1S/C16H26OSSi/c1-13(17-19(6,7)16(3,4)5)14(2)18-15-11-9-8-10-12-15/h8-13H,2H2,1,3-7H3/t13-/m0/s1. The van der Waals surface area contributed by atoms with Crippen LogP contribution in [0.4, 0.5) is 0 Å². The molecule has 0 aromatic heterocycles. The SMILES string of the molecule is C=C(Sc1ccccc1)[C@H](C)O[Si](C)(C)C(C)(C)C. The van der Waals surface area contributed by atoms with E-state index in [1.807, 2.05) is 6.07 Å². The maximum absolute atomic E-state index is 6.35. The highest BCUT2D eigenvalue weighted by Crippen LogP contribution is 2.39. The summed E-state index contributed by atoms with van der Waals surface area (Å²) in [6.45, 7) is 17.6. The molecule has 0 spiro atoms. The molecule has 0 amide bonds. The van der Waals surface area contributed by atoms with Crippen LogP contribution in [0.5, 0.6) is 0 Å². The van der Waals surface area contributed by atoms with Gasteiger partial charge in [0.1, 0.15) is 0 Å². The largest absolute Gasteiger partial charge is 0.410 e. The second kappa shape index (κ2) is 6.29. The third-order valence-electron chi connectivity index (χ3n) is 3.72. The van der Waals surface area contributed by atoms with E-state index in [0.717, 1.165) is 4.91 Å². The van der Waals surface area contributed by atoms with Gasteiger partial charge in [0.25, 0.3) is 0 Å². The quantitative estimate of drug-likeness (QED) is 0.508. The van der Waals surface area contributed by atoms with Crippen molar-refractivity contribution < 1.29 is 4.43 Å². The molecule has 0 saturated heterocycles. The van der Waals surface area contributed by atoms with Gasteiger partial charge >= 0.3 is 0 Å². The Morgan fingerprint density at radius 1 is 1.21 bits per heavy atom. The molecule has 106 valence electrons. The molecule has 1 rings (SSSR count). The fraction of sp³-hybridized carbons (Fsp3) is 0.500. The van der Waals surface area contributed by atoms with Crippen molar-refractivity contribution in [3.63, 3.8) is 0 Å². The summed E-state index contributed by atoms with van der Waals surface area (Å²) in [6, 6.07) is 10.3. The van der Waals surface area contributed by atoms with Crippen LogP contribution in [0.2, 0.25) is 18.1 Å². The molecule has 0 heterocycles. The van der Waals surface area contributed by atoms with Crippen molar-refractivity contribution in [3.05, 3.63) is 41.8 Å². The predicted molar refractivity (Wildman–Crippen MR) is 89.2 cm³/mol. The van der Waals surface area contributed by atoms with Crippen LogP contribution in [-0.2, 0) is 4.43 Å². The highest BCUT2D eigenvalue weighted by Gasteiger charge is 2.38. The van der Waals surface area contributed by atoms with Gasteiger partial charge in [-0.15, -0.1) is 0 Å². The Balaban J connectivity index is 2.64. The number of hydrogen-bond donors (Lipinski definition) is 0. The zero-order valence-electron chi connectivity index (χ0n) is 13.0. The molecule has 19 heavy (non-hydrogen) atoms. The minimum absolute atomic E-state index is 0.0890. The first-order chi connectivity index (χ1) is 8.63. The van der Waals surface area contributed by atoms with E-state index in [1.54, 1.807) is 11.8 Å². The van der Waals surface area contributed by atoms with E-state index in [0.29, 0.717) is 0 Å². The van der Waals surface area contributed by atoms with E-state index in [4.69, 9.17) is 4.43 Å². The van der Waals surface area contributed by atoms with Crippen molar-refractivity contribution in [1.82, 2.24) is 0 Å². The molecular formula is C16H26OSSi. The zero-order chi connectivity index (χ0) is 14.7.